The number of carbonyl (C=O) groups excluding carboxylic acids is 2. The number of rotatable bonds is 6. The van der Waals surface area contributed by atoms with E-state index in [9.17, 15) is 14.0 Å². The minimum Gasteiger partial charge on any atom is -0.477 e. The number of benzene rings is 1. The van der Waals surface area contributed by atoms with Gasteiger partial charge in [-0.3, -0.25) is 4.79 Å². The van der Waals surface area contributed by atoms with Crippen LogP contribution in [0.2, 0.25) is 0 Å². The van der Waals surface area contributed by atoms with Crippen LogP contribution < -0.4 is 10.1 Å². The molecule has 1 N–H and O–H groups in total. The number of nitrogens with one attached hydrogen (secondary N) is 1. The van der Waals surface area contributed by atoms with Crippen LogP contribution in [-0.2, 0) is 6.54 Å². The number of urea groups is 1. The van der Waals surface area contributed by atoms with Crippen molar-refractivity contribution >= 4 is 11.9 Å². The average molecular weight is 412 g/mol. The van der Waals surface area contributed by atoms with Gasteiger partial charge in [-0.05, 0) is 42.5 Å². The van der Waals surface area contributed by atoms with E-state index in [4.69, 9.17) is 4.74 Å². The number of pyridine rings is 1. The van der Waals surface area contributed by atoms with Gasteiger partial charge in [0.05, 0.1) is 12.2 Å². The summed E-state index contributed by atoms with van der Waals surface area (Å²) >= 11 is 0. The number of piperazine rings is 1. The van der Waals surface area contributed by atoms with Crippen molar-refractivity contribution < 1.29 is 18.7 Å². The quantitative estimate of drug-likeness (QED) is 0.792. The third-order valence-electron chi connectivity index (χ3n) is 5.37. The lowest BCUT2D eigenvalue weighted by atomic mass is 10.1. The molecule has 1 aromatic heterocycles. The van der Waals surface area contributed by atoms with Gasteiger partial charge in [-0.2, -0.15) is 0 Å². The molecule has 0 unspecified atom stereocenters. The van der Waals surface area contributed by atoms with Crippen molar-refractivity contribution in [3.05, 3.63) is 59.5 Å². The summed E-state index contributed by atoms with van der Waals surface area (Å²) in [7, 11) is 0. The maximum atomic E-state index is 13.8. The van der Waals surface area contributed by atoms with Crippen LogP contribution in [0.25, 0.3) is 0 Å². The second kappa shape index (κ2) is 9.11. The second-order valence-electron chi connectivity index (χ2n) is 7.67. The largest absolute Gasteiger partial charge is 0.477 e. The van der Waals surface area contributed by atoms with E-state index in [2.05, 4.69) is 10.3 Å². The predicted molar refractivity (Wildman–Crippen MR) is 109 cm³/mol. The predicted octanol–water partition coefficient (Wildman–Crippen LogP) is 2.68. The zero-order valence-electron chi connectivity index (χ0n) is 16.7. The number of nitrogens with zero attached hydrogens (tertiary/aromatic N) is 3. The van der Waals surface area contributed by atoms with Crippen LogP contribution in [0.4, 0.5) is 9.18 Å². The lowest BCUT2D eigenvalue weighted by molar-refractivity contribution is 0.0660. The standard InChI is InChI=1S/C22H25FN4O3/c23-19-4-2-1-3-18(19)21(28)26-9-11-27(12-10-26)22(29)25-14-17-7-8-24-20(13-17)30-15-16-5-6-16/h1-4,7-8,13,16H,5-6,9-12,14-15H2,(H,25,29). The molecule has 4 rings (SSSR count). The number of hydrogen-bond donors (Lipinski definition) is 1. The van der Waals surface area contributed by atoms with Gasteiger partial charge in [0.2, 0.25) is 5.88 Å². The lowest BCUT2D eigenvalue weighted by Gasteiger charge is -2.34. The number of amides is 3. The first-order chi connectivity index (χ1) is 14.6. The van der Waals surface area contributed by atoms with E-state index >= 15 is 0 Å². The summed E-state index contributed by atoms with van der Waals surface area (Å²) in [6, 6.07) is 9.45. The van der Waals surface area contributed by atoms with Crippen molar-refractivity contribution in [1.29, 1.82) is 0 Å². The van der Waals surface area contributed by atoms with E-state index in [-0.39, 0.29) is 17.5 Å². The molecule has 7 nitrogen and oxygen atoms in total. The second-order valence-corrected chi connectivity index (χ2v) is 7.67. The van der Waals surface area contributed by atoms with Crippen molar-refractivity contribution in [2.45, 2.75) is 19.4 Å². The summed E-state index contributed by atoms with van der Waals surface area (Å²) in [5.74, 6) is 0.359. The summed E-state index contributed by atoms with van der Waals surface area (Å²) in [4.78, 5) is 32.4. The topological polar surface area (TPSA) is 74.8 Å². The van der Waals surface area contributed by atoms with Crippen LogP contribution in [0.15, 0.2) is 42.6 Å². The summed E-state index contributed by atoms with van der Waals surface area (Å²) < 4.78 is 19.5. The Balaban J connectivity index is 1.24. The summed E-state index contributed by atoms with van der Waals surface area (Å²) in [6.07, 6.45) is 4.11. The molecular weight excluding hydrogens is 387 g/mol. The molecule has 30 heavy (non-hydrogen) atoms. The first-order valence-electron chi connectivity index (χ1n) is 10.2. The molecule has 8 heteroatoms. The molecule has 1 aliphatic heterocycles. The number of carbonyl (C=O) groups is 2. The van der Waals surface area contributed by atoms with E-state index in [0.29, 0.717) is 51.1 Å². The van der Waals surface area contributed by atoms with E-state index in [1.165, 1.54) is 25.0 Å². The number of ether oxygens (including phenoxy) is 1. The molecule has 2 aromatic rings. The zero-order valence-corrected chi connectivity index (χ0v) is 16.7. The van der Waals surface area contributed by atoms with Crippen molar-refractivity contribution in [1.82, 2.24) is 20.1 Å². The average Bonchev–Trinajstić information content (AvgIpc) is 3.61. The van der Waals surface area contributed by atoms with Gasteiger partial charge in [-0.1, -0.05) is 12.1 Å². The molecule has 0 bridgehead atoms. The Morgan fingerprint density at radius 3 is 2.57 bits per heavy atom. The van der Waals surface area contributed by atoms with Crippen molar-refractivity contribution in [3.8, 4) is 5.88 Å². The first-order valence-corrected chi connectivity index (χ1v) is 10.2. The molecule has 0 radical (unpaired) electrons. The summed E-state index contributed by atoms with van der Waals surface area (Å²) in [5.41, 5.74) is 0.977. The highest BCUT2D eigenvalue weighted by Gasteiger charge is 2.26. The van der Waals surface area contributed by atoms with Crippen molar-refractivity contribution in [3.63, 3.8) is 0 Å². The van der Waals surface area contributed by atoms with E-state index in [0.717, 1.165) is 5.56 Å². The fraction of sp³-hybridized carbons (Fsp3) is 0.409. The van der Waals surface area contributed by atoms with E-state index in [1.54, 1.807) is 28.1 Å². The van der Waals surface area contributed by atoms with Gasteiger partial charge >= 0.3 is 6.03 Å². The fourth-order valence-electron chi connectivity index (χ4n) is 3.33. The molecule has 2 aliphatic rings. The Kier molecular flexibility index (Phi) is 6.11. The van der Waals surface area contributed by atoms with E-state index in [1.807, 2.05) is 12.1 Å². The smallest absolute Gasteiger partial charge is 0.317 e. The van der Waals surface area contributed by atoms with Crippen LogP contribution >= 0.6 is 0 Å². The molecule has 1 aromatic carbocycles. The molecule has 0 spiro atoms. The van der Waals surface area contributed by atoms with Crippen LogP contribution in [0.1, 0.15) is 28.8 Å². The van der Waals surface area contributed by atoms with Gasteiger partial charge in [0, 0.05) is 45.0 Å². The Bertz CT molecular complexity index is 911. The van der Waals surface area contributed by atoms with Crippen LogP contribution in [-0.4, -0.2) is 59.5 Å². The number of hydrogen-bond acceptors (Lipinski definition) is 4. The minimum atomic E-state index is -0.527. The molecular formula is C22H25FN4O3. The molecule has 2 heterocycles. The highest BCUT2D eigenvalue weighted by molar-refractivity contribution is 5.94. The Hall–Kier alpha value is -3.16. The third-order valence-corrected chi connectivity index (χ3v) is 5.37. The highest BCUT2D eigenvalue weighted by Crippen LogP contribution is 2.29. The van der Waals surface area contributed by atoms with Gasteiger partial charge < -0.3 is 19.9 Å². The Morgan fingerprint density at radius 2 is 1.83 bits per heavy atom. The third kappa shape index (κ3) is 5.06. The van der Waals surface area contributed by atoms with Crippen LogP contribution in [0, 0.1) is 11.7 Å². The molecule has 158 valence electrons. The number of aromatic nitrogens is 1. The first kappa shape index (κ1) is 20.1. The van der Waals surface area contributed by atoms with Gasteiger partial charge in [-0.25, -0.2) is 14.2 Å². The molecule has 1 saturated heterocycles. The maximum Gasteiger partial charge on any atom is 0.317 e. The monoisotopic (exact) mass is 412 g/mol. The summed E-state index contributed by atoms with van der Waals surface area (Å²) in [6.45, 7) is 2.61. The van der Waals surface area contributed by atoms with Crippen LogP contribution in [0.3, 0.4) is 0 Å². The van der Waals surface area contributed by atoms with Gasteiger partial charge in [0.25, 0.3) is 5.91 Å². The Morgan fingerprint density at radius 1 is 1.10 bits per heavy atom. The molecule has 3 amide bonds. The molecule has 0 atom stereocenters. The Labute approximate surface area is 174 Å². The normalized spacial score (nSPS) is 16.3. The van der Waals surface area contributed by atoms with Crippen LogP contribution in [0.5, 0.6) is 5.88 Å². The lowest BCUT2D eigenvalue weighted by Crippen LogP contribution is -2.53. The van der Waals surface area contributed by atoms with Gasteiger partial charge in [-0.15, -0.1) is 0 Å². The number of halogens is 1. The maximum absolute atomic E-state index is 13.8. The van der Waals surface area contributed by atoms with Gasteiger partial charge in [0.15, 0.2) is 0 Å². The minimum absolute atomic E-state index is 0.0628. The zero-order chi connectivity index (χ0) is 20.9. The van der Waals surface area contributed by atoms with Crippen molar-refractivity contribution in [2.24, 2.45) is 5.92 Å². The fourth-order valence-corrected chi connectivity index (χ4v) is 3.33. The SMILES string of the molecule is O=C(NCc1ccnc(OCC2CC2)c1)N1CCN(C(=O)c2ccccc2F)CC1. The van der Waals surface area contributed by atoms with Crippen molar-refractivity contribution in [2.75, 3.05) is 32.8 Å². The molecule has 1 saturated carbocycles. The molecule has 2 fully saturated rings. The van der Waals surface area contributed by atoms with E-state index < -0.39 is 5.82 Å². The highest BCUT2D eigenvalue weighted by atomic mass is 19.1. The van der Waals surface area contributed by atoms with Gasteiger partial charge in [0.1, 0.15) is 5.82 Å². The molecule has 1 aliphatic carbocycles. The summed E-state index contributed by atoms with van der Waals surface area (Å²) in [5, 5.41) is 2.90.